The van der Waals surface area contributed by atoms with Gasteiger partial charge in [-0.05, 0) is 26.0 Å². The number of allylic oxidation sites excluding steroid dienone is 1. The number of sulfonamides is 1. The zero-order chi connectivity index (χ0) is 13.8. The summed E-state index contributed by atoms with van der Waals surface area (Å²) in [6, 6.07) is 6.44. The number of aryl methyl sites for hydroxylation is 1. The van der Waals surface area contributed by atoms with Crippen LogP contribution in [-0.4, -0.2) is 25.2 Å². The summed E-state index contributed by atoms with van der Waals surface area (Å²) in [4.78, 5) is 11.6. The van der Waals surface area contributed by atoms with E-state index in [0.717, 1.165) is 9.87 Å². The molecule has 0 aliphatic heterocycles. The van der Waals surface area contributed by atoms with Crippen molar-refractivity contribution < 1.29 is 13.2 Å². The summed E-state index contributed by atoms with van der Waals surface area (Å²) < 4.78 is 25.4. The van der Waals surface area contributed by atoms with Gasteiger partial charge in [0, 0.05) is 6.92 Å². The Morgan fingerprint density at radius 2 is 1.83 bits per heavy atom. The highest BCUT2D eigenvalue weighted by molar-refractivity contribution is 7.89. The van der Waals surface area contributed by atoms with Crippen LogP contribution in [0.3, 0.4) is 0 Å². The second-order valence-electron chi connectivity index (χ2n) is 3.94. The van der Waals surface area contributed by atoms with Gasteiger partial charge in [0.15, 0.2) is 0 Å². The third-order valence-corrected chi connectivity index (χ3v) is 4.32. The first-order valence-electron chi connectivity index (χ1n) is 5.60. The predicted molar refractivity (Wildman–Crippen MR) is 70.6 cm³/mol. The van der Waals surface area contributed by atoms with Crippen LogP contribution in [0.25, 0.3) is 0 Å². The monoisotopic (exact) mass is 267 g/mol. The minimum atomic E-state index is -3.76. The molecule has 0 atom stereocenters. The predicted octanol–water partition coefficient (Wildman–Crippen LogP) is 2.11. The molecule has 0 aromatic heterocycles. The Bertz CT molecular complexity index is 544. The average molecular weight is 267 g/mol. The van der Waals surface area contributed by atoms with Crippen LogP contribution in [0.5, 0.6) is 0 Å². The fourth-order valence-corrected chi connectivity index (χ4v) is 2.79. The highest BCUT2D eigenvalue weighted by Crippen LogP contribution is 2.16. The van der Waals surface area contributed by atoms with Crippen molar-refractivity contribution >= 4 is 15.9 Å². The van der Waals surface area contributed by atoms with Crippen LogP contribution in [0.1, 0.15) is 19.4 Å². The van der Waals surface area contributed by atoms with Gasteiger partial charge in [-0.2, -0.15) is 0 Å². The van der Waals surface area contributed by atoms with Crippen LogP contribution >= 0.6 is 0 Å². The highest BCUT2D eigenvalue weighted by Gasteiger charge is 2.25. The van der Waals surface area contributed by atoms with E-state index < -0.39 is 15.9 Å². The first-order valence-corrected chi connectivity index (χ1v) is 7.04. The van der Waals surface area contributed by atoms with Gasteiger partial charge < -0.3 is 0 Å². The van der Waals surface area contributed by atoms with Crippen molar-refractivity contribution in [3.8, 4) is 0 Å². The fraction of sp³-hybridized carbons (Fsp3) is 0.308. The molecule has 0 fully saturated rings. The molecular formula is C13H17NO3S. The Kier molecular flexibility index (Phi) is 4.67. The third kappa shape index (κ3) is 3.20. The lowest BCUT2D eigenvalue weighted by Crippen LogP contribution is -2.35. The molecule has 1 aromatic carbocycles. The van der Waals surface area contributed by atoms with E-state index in [1.807, 2.05) is 6.92 Å². The zero-order valence-corrected chi connectivity index (χ0v) is 11.6. The average Bonchev–Trinajstić information content (AvgIpc) is 2.29. The molecule has 0 aliphatic rings. The molecular weight excluding hydrogens is 250 g/mol. The minimum absolute atomic E-state index is 0.0576. The number of hydrogen-bond acceptors (Lipinski definition) is 3. The van der Waals surface area contributed by atoms with Crippen LogP contribution in [0.4, 0.5) is 0 Å². The number of amides is 1. The van der Waals surface area contributed by atoms with Gasteiger partial charge >= 0.3 is 0 Å². The maximum atomic E-state index is 12.3. The number of benzene rings is 1. The van der Waals surface area contributed by atoms with Gasteiger partial charge in [0.25, 0.3) is 10.0 Å². The summed E-state index contributed by atoms with van der Waals surface area (Å²) in [6.45, 7) is 4.95. The van der Waals surface area contributed by atoms with Gasteiger partial charge in [-0.15, -0.1) is 0 Å². The molecule has 0 heterocycles. The van der Waals surface area contributed by atoms with E-state index in [4.69, 9.17) is 0 Å². The number of carbonyl (C=O) groups excluding carboxylic acids is 1. The molecule has 18 heavy (non-hydrogen) atoms. The summed E-state index contributed by atoms with van der Waals surface area (Å²) >= 11 is 0. The smallest absolute Gasteiger partial charge is 0.266 e. The van der Waals surface area contributed by atoms with Gasteiger partial charge in [0.05, 0.1) is 11.4 Å². The van der Waals surface area contributed by atoms with Crippen molar-refractivity contribution in [3.05, 3.63) is 42.0 Å². The topological polar surface area (TPSA) is 54.5 Å². The van der Waals surface area contributed by atoms with Gasteiger partial charge in [-0.3, -0.25) is 4.79 Å². The normalized spacial score (nSPS) is 11.7. The van der Waals surface area contributed by atoms with Crippen molar-refractivity contribution in [2.75, 3.05) is 6.54 Å². The van der Waals surface area contributed by atoms with E-state index in [9.17, 15) is 13.2 Å². The summed E-state index contributed by atoms with van der Waals surface area (Å²) in [5.74, 6) is -0.492. The van der Waals surface area contributed by atoms with Gasteiger partial charge in [0.1, 0.15) is 0 Å². The molecule has 0 bridgehead atoms. The Labute approximate surface area is 108 Å². The zero-order valence-electron chi connectivity index (χ0n) is 10.8. The number of rotatable bonds is 4. The SMILES string of the molecule is C/C=C/CN(C(C)=O)S(=O)(=O)c1ccc(C)cc1. The highest BCUT2D eigenvalue weighted by atomic mass is 32.2. The molecule has 0 radical (unpaired) electrons. The van der Waals surface area contributed by atoms with E-state index in [0.29, 0.717) is 0 Å². The second-order valence-corrected chi connectivity index (χ2v) is 5.80. The third-order valence-electron chi connectivity index (χ3n) is 2.47. The summed E-state index contributed by atoms with van der Waals surface area (Å²) in [5, 5.41) is 0. The molecule has 1 rings (SSSR count). The van der Waals surface area contributed by atoms with E-state index in [1.165, 1.54) is 19.1 Å². The Balaban J connectivity index is 3.16. The molecule has 98 valence electrons. The Hall–Kier alpha value is -1.62. The van der Waals surface area contributed by atoms with E-state index in [2.05, 4.69) is 0 Å². The van der Waals surface area contributed by atoms with E-state index in [1.54, 1.807) is 31.2 Å². The number of carbonyl (C=O) groups is 1. The lowest BCUT2D eigenvalue weighted by molar-refractivity contribution is -0.123. The molecule has 1 aromatic rings. The van der Waals surface area contributed by atoms with Crippen molar-refractivity contribution in [1.82, 2.24) is 4.31 Å². The molecule has 0 unspecified atom stereocenters. The molecule has 0 aliphatic carbocycles. The van der Waals surface area contributed by atoms with Gasteiger partial charge in [0.2, 0.25) is 5.91 Å². The van der Waals surface area contributed by atoms with E-state index >= 15 is 0 Å². The second kappa shape index (κ2) is 5.82. The quantitative estimate of drug-likeness (QED) is 0.785. The largest absolute Gasteiger partial charge is 0.274 e. The standard InChI is InChI=1S/C13H17NO3S/c1-4-5-10-14(12(3)15)18(16,17)13-8-6-11(2)7-9-13/h4-9H,10H2,1-3H3/b5-4+. The van der Waals surface area contributed by atoms with Crippen molar-refractivity contribution in [2.45, 2.75) is 25.7 Å². The molecule has 0 N–H and O–H groups in total. The first-order chi connectivity index (χ1) is 8.39. The summed E-state index contributed by atoms with van der Waals surface area (Å²) in [5.41, 5.74) is 0.969. The maximum Gasteiger partial charge on any atom is 0.266 e. The number of hydrogen-bond donors (Lipinski definition) is 0. The molecule has 0 saturated carbocycles. The van der Waals surface area contributed by atoms with Crippen LogP contribution in [0.15, 0.2) is 41.3 Å². The minimum Gasteiger partial charge on any atom is -0.274 e. The van der Waals surface area contributed by atoms with Crippen molar-refractivity contribution in [2.24, 2.45) is 0 Å². The summed E-state index contributed by atoms with van der Waals surface area (Å²) in [7, 11) is -3.76. The van der Waals surface area contributed by atoms with Gasteiger partial charge in [-0.1, -0.05) is 29.8 Å². The summed E-state index contributed by atoms with van der Waals surface area (Å²) in [6.07, 6.45) is 3.34. The van der Waals surface area contributed by atoms with Gasteiger partial charge in [-0.25, -0.2) is 12.7 Å². The van der Waals surface area contributed by atoms with Crippen LogP contribution in [0, 0.1) is 6.92 Å². The fourth-order valence-electron chi connectivity index (χ4n) is 1.43. The van der Waals surface area contributed by atoms with E-state index in [-0.39, 0.29) is 11.4 Å². The lowest BCUT2D eigenvalue weighted by atomic mass is 10.2. The van der Waals surface area contributed by atoms with Crippen LogP contribution < -0.4 is 0 Å². The number of nitrogens with zero attached hydrogens (tertiary/aromatic N) is 1. The molecule has 0 saturated heterocycles. The molecule has 4 nitrogen and oxygen atoms in total. The Morgan fingerprint density at radius 3 is 2.28 bits per heavy atom. The maximum absolute atomic E-state index is 12.3. The van der Waals surface area contributed by atoms with Crippen molar-refractivity contribution in [1.29, 1.82) is 0 Å². The molecule has 0 spiro atoms. The lowest BCUT2D eigenvalue weighted by Gasteiger charge is -2.19. The Morgan fingerprint density at radius 1 is 1.28 bits per heavy atom. The van der Waals surface area contributed by atoms with Crippen LogP contribution in [0.2, 0.25) is 0 Å². The van der Waals surface area contributed by atoms with Crippen LogP contribution in [-0.2, 0) is 14.8 Å². The first kappa shape index (κ1) is 14.4. The van der Waals surface area contributed by atoms with Crippen molar-refractivity contribution in [3.63, 3.8) is 0 Å². The molecule has 1 amide bonds. The molecule has 5 heteroatoms.